The van der Waals surface area contributed by atoms with Gasteiger partial charge in [0, 0.05) is 31.1 Å². The lowest BCUT2D eigenvalue weighted by molar-refractivity contribution is -0.158. The minimum Gasteiger partial charge on any atom is -0.462 e. The molecule has 0 aromatic carbocycles. The molecule has 0 aromatic heterocycles. The summed E-state index contributed by atoms with van der Waals surface area (Å²) >= 11 is 0. The molecule has 1 N–H and O–H groups in total. The highest BCUT2D eigenvalue weighted by atomic mass is 16.5. The first-order chi connectivity index (χ1) is 13.3. The van der Waals surface area contributed by atoms with Crippen LogP contribution in [0.1, 0.15) is 72.1 Å². The number of fused-ring (bicyclic) bond motifs is 5. The molecule has 0 amide bonds. The third-order valence-corrected chi connectivity index (χ3v) is 8.62. The zero-order valence-electron chi connectivity index (χ0n) is 17.4. The average Bonchev–Trinajstić information content (AvgIpc) is 2.97. The maximum atomic E-state index is 11.6. The number of hydrogen-bond donors (Lipinski definition) is 1. The Hall–Kier alpha value is -1.36. The van der Waals surface area contributed by atoms with Crippen molar-refractivity contribution in [3.05, 3.63) is 11.6 Å². The van der Waals surface area contributed by atoms with Crippen LogP contribution >= 0.6 is 0 Å². The van der Waals surface area contributed by atoms with Gasteiger partial charge in [-0.25, -0.2) is 0 Å². The molecule has 3 fully saturated rings. The summed E-state index contributed by atoms with van der Waals surface area (Å²) in [4.78, 5) is 23.0. The van der Waals surface area contributed by atoms with Gasteiger partial charge in [0.1, 0.15) is 12.2 Å². The first-order valence-corrected chi connectivity index (χ1v) is 10.9. The molecule has 4 aliphatic carbocycles. The van der Waals surface area contributed by atoms with Gasteiger partial charge in [0.05, 0.1) is 6.61 Å². The summed E-state index contributed by atoms with van der Waals surface area (Å²) in [5.41, 5.74) is 1.22. The molecular formula is C23H34O5. The van der Waals surface area contributed by atoms with Gasteiger partial charge >= 0.3 is 11.9 Å². The van der Waals surface area contributed by atoms with Crippen molar-refractivity contribution in [3.8, 4) is 0 Å². The number of rotatable bonds is 3. The van der Waals surface area contributed by atoms with Crippen molar-refractivity contribution < 1.29 is 24.2 Å². The van der Waals surface area contributed by atoms with Crippen LogP contribution in [-0.4, -0.2) is 35.9 Å². The monoisotopic (exact) mass is 390 g/mol. The minimum atomic E-state index is -0.216. The van der Waals surface area contributed by atoms with E-state index in [4.69, 9.17) is 9.47 Å². The molecule has 4 aliphatic rings. The fourth-order valence-electron chi connectivity index (χ4n) is 7.40. The van der Waals surface area contributed by atoms with Gasteiger partial charge in [-0.2, -0.15) is 0 Å². The van der Waals surface area contributed by atoms with Crippen molar-refractivity contribution in [2.24, 2.45) is 28.6 Å². The van der Waals surface area contributed by atoms with Gasteiger partial charge in [0.15, 0.2) is 0 Å². The highest BCUT2D eigenvalue weighted by Gasteiger charge is 2.60. The number of aliphatic hydroxyl groups excluding tert-OH is 1. The largest absolute Gasteiger partial charge is 0.462 e. The van der Waals surface area contributed by atoms with Gasteiger partial charge in [-0.15, -0.1) is 0 Å². The van der Waals surface area contributed by atoms with Crippen molar-refractivity contribution in [2.45, 2.75) is 84.3 Å². The topological polar surface area (TPSA) is 72.8 Å². The normalized spacial score (nSPS) is 44.6. The highest BCUT2D eigenvalue weighted by molar-refractivity contribution is 5.66. The standard InChI is InChI=1S/C23H34O5/c1-14(25)27-17-8-11-23(13-24)16(12-17)4-5-18-19-6-7-21(28-15(2)26)22(19,3)10-9-20(18)23/h4,17-21,24H,5-13H2,1-3H3/t17-,18?,19?,20?,21-,22-,23+/m0/s1. The minimum absolute atomic E-state index is 0.0334. The fraction of sp³-hybridized carbons (Fsp3) is 0.826. The Balaban J connectivity index is 1.59. The molecular weight excluding hydrogens is 356 g/mol. The van der Waals surface area contributed by atoms with E-state index < -0.39 is 0 Å². The van der Waals surface area contributed by atoms with E-state index in [9.17, 15) is 14.7 Å². The molecule has 3 saturated carbocycles. The van der Waals surface area contributed by atoms with Gasteiger partial charge in [0.25, 0.3) is 0 Å². The number of hydrogen-bond acceptors (Lipinski definition) is 5. The lowest BCUT2D eigenvalue weighted by Gasteiger charge is -2.58. The van der Waals surface area contributed by atoms with Crippen molar-refractivity contribution in [3.63, 3.8) is 0 Å². The second kappa shape index (κ2) is 7.16. The van der Waals surface area contributed by atoms with Gasteiger partial charge in [-0.3, -0.25) is 9.59 Å². The first-order valence-electron chi connectivity index (χ1n) is 10.9. The summed E-state index contributed by atoms with van der Waals surface area (Å²) in [6.07, 6.45) is 10.0. The van der Waals surface area contributed by atoms with Crippen LogP contribution in [0.5, 0.6) is 0 Å². The lowest BCUT2D eigenvalue weighted by Crippen LogP contribution is -2.54. The molecule has 0 heterocycles. The SMILES string of the molecule is CC(=O)O[C@H]1CC[C@@]2(CO)C(=CCC3C2CC[C@@]2(C)C3CC[C@@H]2OC(C)=O)C1. The molecule has 5 heteroatoms. The quantitative estimate of drug-likeness (QED) is 0.586. The zero-order valence-corrected chi connectivity index (χ0v) is 17.4. The predicted molar refractivity (Wildman–Crippen MR) is 104 cm³/mol. The summed E-state index contributed by atoms with van der Waals surface area (Å²) in [6.45, 7) is 5.49. The second-order valence-electron chi connectivity index (χ2n) is 9.85. The molecule has 156 valence electrons. The van der Waals surface area contributed by atoms with Crippen LogP contribution in [0, 0.1) is 28.6 Å². The zero-order chi connectivity index (χ0) is 20.1. The molecule has 28 heavy (non-hydrogen) atoms. The second-order valence-corrected chi connectivity index (χ2v) is 9.85. The molecule has 0 spiro atoms. The molecule has 4 rings (SSSR count). The fourth-order valence-corrected chi connectivity index (χ4v) is 7.40. The molecule has 0 saturated heterocycles. The van der Waals surface area contributed by atoms with Crippen molar-refractivity contribution >= 4 is 11.9 Å². The molecule has 0 aromatic rings. The van der Waals surface area contributed by atoms with E-state index in [0.717, 1.165) is 51.4 Å². The predicted octanol–water partition coefficient (Wildman–Crippen LogP) is 3.79. The van der Waals surface area contributed by atoms with Crippen molar-refractivity contribution in [1.29, 1.82) is 0 Å². The van der Waals surface area contributed by atoms with Crippen LogP contribution in [0.2, 0.25) is 0 Å². The third-order valence-electron chi connectivity index (χ3n) is 8.62. The Morgan fingerprint density at radius 2 is 1.82 bits per heavy atom. The van der Waals surface area contributed by atoms with Crippen LogP contribution in [0.4, 0.5) is 0 Å². The number of carbonyl (C=O) groups is 2. The summed E-state index contributed by atoms with van der Waals surface area (Å²) in [5.74, 6) is 1.18. The maximum absolute atomic E-state index is 11.6. The van der Waals surface area contributed by atoms with E-state index >= 15 is 0 Å². The van der Waals surface area contributed by atoms with E-state index in [1.54, 1.807) is 0 Å². The summed E-state index contributed by atoms with van der Waals surface area (Å²) in [7, 11) is 0. The number of ether oxygens (including phenoxy) is 2. The van der Waals surface area contributed by atoms with Crippen LogP contribution in [-0.2, 0) is 19.1 Å². The van der Waals surface area contributed by atoms with E-state index in [1.807, 2.05) is 0 Å². The van der Waals surface area contributed by atoms with Crippen molar-refractivity contribution in [2.75, 3.05) is 6.61 Å². The molecule has 5 nitrogen and oxygen atoms in total. The highest BCUT2D eigenvalue weighted by Crippen LogP contribution is 2.65. The van der Waals surface area contributed by atoms with E-state index in [0.29, 0.717) is 17.8 Å². The molecule has 0 radical (unpaired) electrons. The molecule has 7 atom stereocenters. The number of carbonyl (C=O) groups excluding carboxylic acids is 2. The smallest absolute Gasteiger partial charge is 0.302 e. The van der Waals surface area contributed by atoms with E-state index in [2.05, 4.69) is 13.0 Å². The maximum Gasteiger partial charge on any atom is 0.302 e. The Morgan fingerprint density at radius 3 is 2.50 bits per heavy atom. The van der Waals surface area contributed by atoms with E-state index in [1.165, 1.54) is 19.4 Å². The Morgan fingerprint density at radius 1 is 1.07 bits per heavy atom. The molecule has 0 aliphatic heterocycles. The Labute approximate surface area is 167 Å². The number of aliphatic hydroxyl groups is 1. The van der Waals surface area contributed by atoms with E-state index in [-0.39, 0.29) is 41.6 Å². The van der Waals surface area contributed by atoms with Crippen LogP contribution < -0.4 is 0 Å². The van der Waals surface area contributed by atoms with Gasteiger partial charge < -0.3 is 14.6 Å². The number of allylic oxidation sites excluding steroid dienone is 1. The first kappa shape index (κ1) is 19.9. The number of esters is 2. The molecule has 0 bridgehead atoms. The van der Waals surface area contributed by atoms with Gasteiger partial charge in [-0.1, -0.05) is 18.6 Å². The average molecular weight is 391 g/mol. The van der Waals surface area contributed by atoms with Crippen LogP contribution in [0.25, 0.3) is 0 Å². The van der Waals surface area contributed by atoms with Crippen LogP contribution in [0.15, 0.2) is 11.6 Å². The van der Waals surface area contributed by atoms with Crippen LogP contribution in [0.3, 0.4) is 0 Å². The van der Waals surface area contributed by atoms with Crippen molar-refractivity contribution in [1.82, 2.24) is 0 Å². The van der Waals surface area contributed by atoms with Gasteiger partial charge in [-0.05, 0) is 62.7 Å². The summed E-state index contributed by atoms with van der Waals surface area (Å²) < 4.78 is 11.2. The summed E-state index contributed by atoms with van der Waals surface area (Å²) in [5, 5.41) is 10.5. The Kier molecular flexibility index (Phi) is 5.09. The molecule has 3 unspecified atom stereocenters. The van der Waals surface area contributed by atoms with Gasteiger partial charge in [0.2, 0.25) is 0 Å². The lowest BCUT2D eigenvalue weighted by atomic mass is 9.47. The summed E-state index contributed by atoms with van der Waals surface area (Å²) in [6, 6.07) is 0. The Bertz CT molecular complexity index is 684. The third kappa shape index (κ3) is 3.01.